The molecule has 1 atom stereocenters. The van der Waals surface area contributed by atoms with Gasteiger partial charge < -0.3 is 5.73 Å². The highest BCUT2D eigenvalue weighted by Gasteiger charge is 2.21. The second-order valence-electron chi connectivity index (χ2n) is 6.12. The molecule has 1 nitrogen and oxygen atoms in total. The lowest BCUT2D eigenvalue weighted by atomic mass is 10.00. The van der Waals surface area contributed by atoms with Crippen molar-refractivity contribution in [3.63, 3.8) is 0 Å². The van der Waals surface area contributed by atoms with Gasteiger partial charge in [-0.2, -0.15) is 0 Å². The third-order valence-corrected chi connectivity index (χ3v) is 5.58. The molecule has 1 aromatic rings. The van der Waals surface area contributed by atoms with Gasteiger partial charge in [0.25, 0.3) is 0 Å². The first-order valence-electron chi connectivity index (χ1n) is 6.67. The third-order valence-electron chi connectivity index (χ3n) is 3.51. The summed E-state index contributed by atoms with van der Waals surface area (Å²) >= 11 is 0. The summed E-state index contributed by atoms with van der Waals surface area (Å²) in [6.45, 7) is 7.84. The quantitative estimate of drug-likeness (QED) is 0.818. The molecule has 0 radical (unpaired) electrons. The lowest BCUT2D eigenvalue weighted by molar-refractivity contribution is 0.814. The summed E-state index contributed by atoms with van der Waals surface area (Å²) in [4.78, 5) is 0. The highest BCUT2D eigenvalue weighted by atomic mass is 28.3. The van der Waals surface area contributed by atoms with Crippen LogP contribution in [0.4, 0.5) is 0 Å². The molecule has 2 N–H and O–H groups in total. The molecular weight excluding hydrogens is 234 g/mol. The molecule has 1 unspecified atom stereocenters. The van der Waals surface area contributed by atoms with E-state index in [1.807, 2.05) is 0 Å². The van der Waals surface area contributed by atoms with E-state index in [1.54, 1.807) is 5.20 Å². The van der Waals surface area contributed by atoms with E-state index in [9.17, 15) is 0 Å². The van der Waals surface area contributed by atoms with Crippen molar-refractivity contribution in [2.45, 2.75) is 32.6 Å². The number of allylic oxidation sites excluding steroid dienone is 4. The van der Waals surface area contributed by atoms with E-state index in [1.165, 1.54) is 11.1 Å². The molecule has 2 heteroatoms. The topological polar surface area (TPSA) is 26.0 Å². The van der Waals surface area contributed by atoms with Gasteiger partial charge in [0.15, 0.2) is 0 Å². The van der Waals surface area contributed by atoms with Crippen LogP contribution in [0.5, 0.6) is 0 Å². The van der Waals surface area contributed by atoms with Crippen molar-refractivity contribution in [3.8, 4) is 0 Å². The Morgan fingerprint density at radius 1 is 1.06 bits per heavy atom. The van der Waals surface area contributed by atoms with Gasteiger partial charge in [0.2, 0.25) is 0 Å². The fraction of sp³-hybridized carbons (Fsp3) is 0.375. The second-order valence-corrected chi connectivity index (χ2v) is 11.2. The minimum atomic E-state index is -1.14. The summed E-state index contributed by atoms with van der Waals surface area (Å²) in [7, 11) is -1.14. The minimum absolute atomic E-state index is 0.579. The molecule has 96 valence electrons. The summed E-state index contributed by atoms with van der Waals surface area (Å²) in [5.74, 6) is 0.579. The Balaban J connectivity index is 2.03. The van der Waals surface area contributed by atoms with E-state index >= 15 is 0 Å². The molecule has 1 aliphatic carbocycles. The smallest absolute Gasteiger partial charge is 0.0771 e. The SMILES string of the molecule is C[Si](C)(C)C1=CC(Cc2ccc(CN)cc2)C=C1. The molecule has 0 aliphatic heterocycles. The van der Waals surface area contributed by atoms with Gasteiger partial charge in [0.1, 0.15) is 0 Å². The fourth-order valence-corrected chi connectivity index (χ4v) is 3.59. The van der Waals surface area contributed by atoms with Gasteiger partial charge in [-0.25, -0.2) is 0 Å². The summed E-state index contributed by atoms with van der Waals surface area (Å²) in [5, 5.41) is 1.59. The van der Waals surface area contributed by atoms with E-state index in [2.05, 4.69) is 62.1 Å². The first kappa shape index (κ1) is 13.3. The first-order chi connectivity index (χ1) is 8.49. The van der Waals surface area contributed by atoms with Gasteiger partial charge in [0, 0.05) is 6.54 Å². The molecule has 0 bridgehead atoms. The van der Waals surface area contributed by atoms with Crippen molar-refractivity contribution in [1.29, 1.82) is 0 Å². The predicted molar refractivity (Wildman–Crippen MR) is 82.1 cm³/mol. The Labute approximate surface area is 111 Å². The third kappa shape index (κ3) is 3.21. The Hall–Kier alpha value is -1.12. The van der Waals surface area contributed by atoms with Crippen LogP contribution in [0, 0.1) is 5.92 Å². The van der Waals surface area contributed by atoms with Crippen molar-refractivity contribution >= 4 is 8.07 Å². The van der Waals surface area contributed by atoms with Gasteiger partial charge in [-0.15, -0.1) is 0 Å². The number of benzene rings is 1. The normalized spacial score (nSPS) is 19.1. The maximum atomic E-state index is 5.61. The van der Waals surface area contributed by atoms with E-state index in [-0.39, 0.29) is 0 Å². The first-order valence-corrected chi connectivity index (χ1v) is 10.2. The van der Waals surface area contributed by atoms with Crippen LogP contribution in [0.15, 0.2) is 47.7 Å². The van der Waals surface area contributed by atoms with E-state index in [0.29, 0.717) is 12.5 Å². The monoisotopic (exact) mass is 257 g/mol. The van der Waals surface area contributed by atoms with Crippen molar-refractivity contribution in [3.05, 3.63) is 58.8 Å². The molecule has 1 aliphatic rings. The molecule has 0 spiro atoms. The zero-order chi connectivity index (χ0) is 13.2. The van der Waals surface area contributed by atoms with E-state index in [4.69, 9.17) is 5.73 Å². The maximum absolute atomic E-state index is 5.61. The maximum Gasteiger partial charge on any atom is 0.0771 e. The van der Waals surface area contributed by atoms with Gasteiger partial charge in [-0.3, -0.25) is 0 Å². The molecule has 1 aromatic carbocycles. The van der Waals surface area contributed by atoms with Crippen LogP contribution < -0.4 is 5.73 Å². The largest absolute Gasteiger partial charge is 0.326 e. The van der Waals surface area contributed by atoms with Crippen LogP contribution in [0.2, 0.25) is 19.6 Å². The Bertz CT molecular complexity index is 463. The van der Waals surface area contributed by atoms with E-state index < -0.39 is 8.07 Å². The van der Waals surface area contributed by atoms with Gasteiger partial charge in [-0.1, -0.05) is 67.3 Å². The fourth-order valence-electron chi connectivity index (χ4n) is 2.28. The number of hydrogen-bond acceptors (Lipinski definition) is 1. The molecule has 0 saturated heterocycles. The minimum Gasteiger partial charge on any atom is -0.326 e. The molecule has 0 saturated carbocycles. The molecule has 0 amide bonds. The highest BCUT2D eigenvalue weighted by Crippen LogP contribution is 2.26. The summed E-state index contributed by atoms with van der Waals surface area (Å²) < 4.78 is 0. The van der Waals surface area contributed by atoms with Gasteiger partial charge in [0.05, 0.1) is 8.07 Å². The lowest BCUT2D eigenvalue weighted by Crippen LogP contribution is -2.22. The van der Waals surface area contributed by atoms with Gasteiger partial charge in [-0.05, 0) is 23.5 Å². The zero-order valence-corrected chi connectivity index (χ0v) is 12.6. The average molecular weight is 257 g/mol. The Morgan fingerprint density at radius 3 is 2.17 bits per heavy atom. The van der Waals surface area contributed by atoms with Gasteiger partial charge >= 0.3 is 0 Å². The number of hydrogen-bond donors (Lipinski definition) is 1. The molecule has 0 aromatic heterocycles. The lowest BCUT2D eigenvalue weighted by Gasteiger charge is -2.16. The summed E-state index contributed by atoms with van der Waals surface area (Å²) in [6, 6.07) is 8.68. The second kappa shape index (κ2) is 5.25. The van der Waals surface area contributed by atoms with Crippen molar-refractivity contribution in [2.75, 3.05) is 0 Å². The summed E-state index contributed by atoms with van der Waals surface area (Å²) in [6.07, 6.45) is 8.26. The summed E-state index contributed by atoms with van der Waals surface area (Å²) in [5.41, 5.74) is 8.22. The van der Waals surface area contributed by atoms with Crippen LogP contribution in [-0.4, -0.2) is 8.07 Å². The number of rotatable bonds is 4. The van der Waals surface area contributed by atoms with Crippen molar-refractivity contribution in [2.24, 2.45) is 11.7 Å². The van der Waals surface area contributed by atoms with Crippen LogP contribution >= 0.6 is 0 Å². The molecule has 0 heterocycles. The van der Waals surface area contributed by atoms with Crippen molar-refractivity contribution in [1.82, 2.24) is 0 Å². The van der Waals surface area contributed by atoms with Crippen LogP contribution in [-0.2, 0) is 13.0 Å². The number of nitrogens with two attached hydrogens (primary N) is 1. The van der Waals surface area contributed by atoms with Crippen LogP contribution in [0.1, 0.15) is 11.1 Å². The van der Waals surface area contributed by atoms with Crippen LogP contribution in [0.25, 0.3) is 0 Å². The predicted octanol–water partition coefficient (Wildman–Crippen LogP) is 3.68. The Morgan fingerprint density at radius 2 is 1.67 bits per heavy atom. The Kier molecular flexibility index (Phi) is 3.88. The molecule has 2 rings (SSSR count). The van der Waals surface area contributed by atoms with Crippen molar-refractivity contribution < 1.29 is 0 Å². The zero-order valence-electron chi connectivity index (χ0n) is 11.6. The van der Waals surface area contributed by atoms with Crippen LogP contribution in [0.3, 0.4) is 0 Å². The molecular formula is C16H23NSi. The average Bonchev–Trinajstić information content (AvgIpc) is 2.78. The standard InChI is InChI=1S/C16H23NSi/c1-18(2,3)16-9-8-15(11-16)10-13-4-6-14(12-17)7-5-13/h4-9,11,15H,10,12,17H2,1-3H3. The molecule has 18 heavy (non-hydrogen) atoms. The molecule has 0 fully saturated rings. The highest BCUT2D eigenvalue weighted by molar-refractivity contribution is 6.83. The van der Waals surface area contributed by atoms with E-state index in [0.717, 1.165) is 6.42 Å².